The Balaban J connectivity index is 0. The van der Waals surface area contributed by atoms with Crippen molar-refractivity contribution in [1.29, 1.82) is 0 Å². The van der Waals surface area contributed by atoms with E-state index in [0.717, 1.165) is 0 Å². The fraction of sp³-hybridized carbons (Fsp3) is 0.364. The molecule has 5 nitrogen and oxygen atoms in total. The van der Waals surface area contributed by atoms with E-state index in [2.05, 4.69) is 4.98 Å². The molecule has 0 fully saturated rings. The van der Waals surface area contributed by atoms with E-state index in [9.17, 15) is 14.7 Å². The minimum Gasteiger partial charge on any atom is -0.383 e. The maximum Gasteiger partial charge on any atom is 0.193 e. The number of nitrogens with two attached hydrogens (primary N) is 1. The number of Topliss-reactive ketones (excluding diaryl/α,β-unsaturated/α-hetero) is 2. The summed E-state index contributed by atoms with van der Waals surface area (Å²) in [6.45, 7) is 1.63. The van der Waals surface area contributed by atoms with E-state index in [0.29, 0.717) is 5.56 Å². The van der Waals surface area contributed by atoms with E-state index >= 15 is 0 Å². The first kappa shape index (κ1) is 19.3. The zero-order chi connectivity index (χ0) is 12.1. The molecule has 0 spiro atoms. The minimum atomic E-state index is -1.49. The lowest BCUT2D eigenvalue weighted by atomic mass is 9.98. The lowest BCUT2D eigenvalue weighted by molar-refractivity contribution is -0.121. The third kappa shape index (κ3) is 4.70. The number of carbonyl (C=O) groups excluding carboxylic acids is 2. The van der Waals surface area contributed by atoms with Crippen LogP contribution in [-0.4, -0.2) is 33.8 Å². The fourth-order valence-electron chi connectivity index (χ4n) is 1.26. The van der Waals surface area contributed by atoms with E-state index in [1.807, 2.05) is 0 Å². The molecule has 0 saturated heterocycles. The van der Waals surface area contributed by atoms with Crippen molar-refractivity contribution in [3.63, 3.8) is 0 Å². The second kappa shape index (κ2) is 8.99. The van der Waals surface area contributed by atoms with Gasteiger partial charge in [-0.3, -0.25) is 14.6 Å². The Labute approximate surface area is 118 Å². The summed E-state index contributed by atoms with van der Waals surface area (Å²) in [5, 5.41) is 9.63. The van der Waals surface area contributed by atoms with Gasteiger partial charge in [0.05, 0.1) is 6.04 Å². The van der Waals surface area contributed by atoms with Gasteiger partial charge in [0.25, 0.3) is 0 Å². The third-order valence-corrected chi connectivity index (χ3v) is 2.29. The highest BCUT2D eigenvalue weighted by Gasteiger charge is 2.28. The largest absolute Gasteiger partial charge is 0.383 e. The Morgan fingerprint density at radius 2 is 1.83 bits per heavy atom. The van der Waals surface area contributed by atoms with Gasteiger partial charge in [-0.2, -0.15) is 0 Å². The molecule has 0 radical (unpaired) electrons. The second-order valence-corrected chi connectivity index (χ2v) is 3.39. The van der Waals surface area contributed by atoms with Gasteiger partial charge in [0.15, 0.2) is 11.6 Å². The first-order chi connectivity index (χ1) is 7.57. The van der Waals surface area contributed by atoms with E-state index in [-0.39, 0.29) is 37.0 Å². The van der Waals surface area contributed by atoms with Gasteiger partial charge >= 0.3 is 0 Å². The van der Waals surface area contributed by atoms with Crippen LogP contribution in [0.15, 0.2) is 24.5 Å². The molecule has 2 atom stereocenters. The van der Waals surface area contributed by atoms with E-state index < -0.39 is 17.9 Å². The van der Waals surface area contributed by atoms with Crippen LogP contribution in [0.25, 0.3) is 0 Å². The Kier molecular flexibility index (Phi) is 9.66. The monoisotopic (exact) mass is 294 g/mol. The zero-order valence-electron chi connectivity index (χ0n) is 9.78. The number of rotatable bonds is 5. The predicted molar refractivity (Wildman–Crippen MR) is 72.3 cm³/mol. The molecule has 1 aromatic rings. The van der Waals surface area contributed by atoms with Crippen molar-refractivity contribution in [2.24, 2.45) is 5.73 Å². The molecule has 102 valence electrons. The molecule has 0 saturated carbocycles. The highest BCUT2D eigenvalue weighted by atomic mass is 35.5. The molecule has 3 N–H and O–H groups in total. The van der Waals surface area contributed by atoms with Gasteiger partial charge in [-0.05, 0) is 12.1 Å². The Morgan fingerprint density at radius 1 is 1.33 bits per heavy atom. The SMILES string of the molecule is CCC(=O)C(N)C(O)C(=O)c1ccncc1.Cl.Cl. The maximum absolute atomic E-state index is 11.7. The van der Waals surface area contributed by atoms with Crippen molar-refractivity contribution in [3.05, 3.63) is 30.1 Å². The van der Waals surface area contributed by atoms with Crippen LogP contribution in [0.5, 0.6) is 0 Å². The number of hydrogen-bond acceptors (Lipinski definition) is 5. The first-order valence-electron chi connectivity index (χ1n) is 4.98. The van der Waals surface area contributed by atoms with Gasteiger partial charge in [0.1, 0.15) is 6.10 Å². The summed E-state index contributed by atoms with van der Waals surface area (Å²) in [5.74, 6) is -0.897. The molecule has 7 heteroatoms. The van der Waals surface area contributed by atoms with Gasteiger partial charge in [-0.1, -0.05) is 6.92 Å². The van der Waals surface area contributed by atoms with E-state index in [1.165, 1.54) is 24.5 Å². The summed E-state index contributed by atoms with van der Waals surface area (Å²) >= 11 is 0. The highest BCUT2D eigenvalue weighted by Crippen LogP contribution is 2.06. The number of carbonyl (C=O) groups is 2. The van der Waals surface area contributed by atoms with Crippen molar-refractivity contribution in [2.45, 2.75) is 25.5 Å². The minimum absolute atomic E-state index is 0. The zero-order valence-corrected chi connectivity index (χ0v) is 11.4. The Bertz CT molecular complexity index is 387. The topological polar surface area (TPSA) is 93.3 Å². The lowest BCUT2D eigenvalue weighted by Gasteiger charge is -2.15. The number of nitrogens with zero attached hydrogens (tertiary/aromatic N) is 1. The summed E-state index contributed by atoms with van der Waals surface area (Å²) in [5.41, 5.74) is 5.77. The van der Waals surface area contributed by atoms with Crippen molar-refractivity contribution in [2.75, 3.05) is 0 Å². The smallest absolute Gasteiger partial charge is 0.193 e. The van der Waals surface area contributed by atoms with Gasteiger partial charge in [-0.25, -0.2) is 0 Å². The number of hydrogen-bond donors (Lipinski definition) is 2. The molecule has 0 bridgehead atoms. The maximum atomic E-state index is 11.7. The number of halogens is 2. The molecular weight excluding hydrogens is 279 g/mol. The number of aliphatic hydroxyl groups excluding tert-OH is 1. The van der Waals surface area contributed by atoms with E-state index in [4.69, 9.17) is 5.73 Å². The third-order valence-electron chi connectivity index (χ3n) is 2.29. The molecule has 0 aromatic carbocycles. The molecule has 1 heterocycles. The van der Waals surface area contributed by atoms with Crippen LogP contribution in [0, 0.1) is 0 Å². The number of ketones is 2. The standard InChI is InChI=1S/C11H14N2O3.2ClH/c1-2-8(14)9(12)11(16)10(15)7-3-5-13-6-4-7;;/h3-6,9,11,16H,2,12H2,1H3;2*1H. The van der Waals surface area contributed by atoms with Crippen molar-refractivity contribution >= 4 is 36.4 Å². The quantitative estimate of drug-likeness (QED) is 0.783. The van der Waals surface area contributed by atoms with Crippen LogP contribution in [0.1, 0.15) is 23.7 Å². The van der Waals surface area contributed by atoms with Crippen molar-refractivity contribution in [1.82, 2.24) is 4.98 Å². The average Bonchev–Trinajstić information content (AvgIpc) is 2.36. The van der Waals surface area contributed by atoms with Gasteiger partial charge in [0.2, 0.25) is 0 Å². The van der Waals surface area contributed by atoms with Crippen LogP contribution in [0.4, 0.5) is 0 Å². The lowest BCUT2D eigenvalue weighted by Crippen LogP contribution is -2.46. The molecule has 18 heavy (non-hydrogen) atoms. The highest BCUT2D eigenvalue weighted by molar-refractivity contribution is 6.03. The van der Waals surface area contributed by atoms with Gasteiger partial charge in [-0.15, -0.1) is 24.8 Å². The van der Waals surface area contributed by atoms with Gasteiger partial charge in [0, 0.05) is 24.4 Å². The normalized spacial score (nSPS) is 12.6. The molecule has 2 unspecified atom stereocenters. The molecule has 0 aliphatic heterocycles. The van der Waals surface area contributed by atoms with Crippen LogP contribution < -0.4 is 5.73 Å². The summed E-state index contributed by atoms with van der Waals surface area (Å²) < 4.78 is 0. The summed E-state index contributed by atoms with van der Waals surface area (Å²) in [6, 6.07) is 1.77. The molecule has 1 aromatic heterocycles. The molecule has 0 aliphatic carbocycles. The molecule has 0 amide bonds. The van der Waals surface area contributed by atoms with Crippen molar-refractivity contribution in [3.8, 4) is 0 Å². The van der Waals surface area contributed by atoms with Gasteiger partial charge < -0.3 is 10.8 Å². The van der Waals surface area contributed by atoms with Crippen LogP contribution >= 0.6 is 24.8 Å². The Hall–Kier alpha value is -1.01. The second-order valence-electron chi connectivity index (χ2n) is 3.39. The van der Waals surface area contributed by atoms with Crippen molar-refractivity contribution < 1.29 is 14.7 Å². The van der Waals surface area contributed by atoms with Crippen LogP contribution in [0.3, 0.4) is 0 Å². The number of pyridine rings is 1. The predicted octanol–water partition coefficient (Wildman–Crippen LogP) is 0.775. The fourth-order valence-corrected chi connectivity index (χ4v) is 1.26. The number of aromatic nitrogens is 1. The average molecular weight is 295 g/mol. The molecule has 0 aliphatic rings. The Morgan fingerprint density at radius 3 is 2.28 bits per heavy atom. The molecular formula is C11H16Cl2N2O3. The number of aliphatic hydroxyl groups is 1. The van der Waals surface area contributed by atoms with Crippen LogP contribution in [-0.2, 0) is 4.79 Å². The summed E-state index contributed by atoms with van der Waals surface area (Å²) in [4.78, 5) is 26.7. The van der Waals surface area contributed by atoms with E-state index in [1.54, 1.807) is 6.92 Å². The molecule has 1 rings (SSSR count). The van der Waals surface area contributed by atoms with Crippen LogP contribution in [0.2, 0.25) is 0 Å². The summed E-state index contributed by atoms with van der Waals surface area (Å²) in [6.07, 6.45) is 1.58. The summed E-state index contributed by atoms with van der Waals surface area (Å²) in [7, 11) is 0. The first-order valence-corrected chi connectivity index (χ1v) is 4.98.